The molecule has 1 heterocycles. The van der Waals surface area contributed by atoms with E-state index in [0.717, 1.165) is 16.5 Å². The summed E-state index contributed by atoms with van der Waals surface area (Å²) in [5, 5.41) is 0.883. The fraction of sp³-hybridized carbons (Fsp3) is 0.118. The van der Waals surface area contributed by atoms with Crippen molar-refractivity contribution in [2.75, 3.05) is 0 Å². The molecule has 0 saturated carbocycles. The third-order valence-corrected chi connectivity index (χ3v) is 3.96. The van der Waals surface area contributed by atoms with Gasteiger partial charge in [0.15, 0.2) is 5.76 Å². The third kappa shape index (κ3) is 2.40. The summed E-state index contributed by atoms with van der Waals surface area (Å²) in [4.78, 5) is 12.5. The minimum Gasteiger partial charge on any atom is -0.452 e. The average Bonchev–Trinajstić information content (AvgIpc) is 2.78. The molecule has 106 valence electrons. The first-order chi connectivity index (χ1) is 9.97. The predicted octanol–water partition coefficient (Wildman–Crippen LogP) is 5.18. The summed E-state index contributed by atoms with van der Waals surface area (Å²) in [5.74, 6) is -0.813. The van der Waals surface area contributed by atoms with Crippen molar-refractivity contribution in [2.45, 2.75) is 13.8 Å². The molecule has 3 aromatic rings. The number of hydrogen-bond donors (Lipinski definition) is 0. The van der Waals surface area contributed by atoms with Crippen LogP contribution in [-0.4, -0.2) is 5.78 Å². The molecule has 4 heteroatoms. The molecule has 0 aliphatic carbocycles. The van der Waals surface area contributed by atoms with E-state index in [2.05, 4.69) is 15.9 Å². The van der Waals surface area contributed by atoms with E-state index < -0.39 is 11.6 Å². The highest BCUT2D eigenvalue weighted by atomic mass is 79.9. The van der Waals surface area contributed by atoms with Gasteiger partial charge in [-0.1, -0.05) is 27.6 Å². The maximum atomic E-state index is 13.9. The first-order valence-electron chi connectivity index (χ1n) is 6.47. The number of hydrogen-bond acceptors (Lipinski definition) is 2. The zero-order valence-electron chi connectivity index (χ0n) is 11.5. The minimum absolute atomic E-state index is 0.00301. The van der Waals surface area contributed by atoms with E-state index in [4.69, 9.17) is 4.42 Å². The van der Waals surface area contributed by atoms with Gasteiger partial charge in [0, 0.05) is 15.4 Å². The number of aryl methyl sites for hydroxylation is 2. The normalized spacial score (nSPS) is 11.0. The average molecular weight is 347 g/mol. The van der Waals surface area contributed by atoms with Gasteiger partial charge in [0.05, 0.1) is 5.56 Å². The molecule has 0 radical (unpaired) electrons. The Kier molecular flexibility index (Phi) is 3.41. The van der Waals surface area contributed by atoms with Crippen molar-refractivity contribution in [3.63, 3.8) is 0 Å². The van der Waals surface area contributed by atoms with E-state index in [1.165, 1.54) is 12.1 Å². The summed E-state index contributed by atoms with van der Waals surface area (Å²) in [6, 6.07) is 9.99. The topological polar surface area (TPSA) is 30.2 Å². The maximum Gasteiger partial charge on any atom is 0.231 e. The van der Waals surface area contributed by atoms with Crippen molar-refractivity contribution in [3.8, 4) is 0 Å². The molecule has 0 fully saturated rings. The Morgan fingerprint density at radius 1 is 1.14 bits per heavy atom. The van der Waals surface area contributed by atoms with E-state index in [1.54, 1.807) is 6.07 Å². The van der Waals surface area contributed by atoms with E-state index in [0.29, 0.717) is 10.1 Å². The fourth-order valence-electron chi connectivity index (χ4n) is 2.35. The van der Waals surface area contributed by atoms with Gasteiger partial charge in [-0.25, -0.2) is 4.39 Å². The van der Waals surface area contributed by atoms with Gasteiger partial charge in [0.25, 0.3) is 0 Å². The van der Waals surface area contributed by atoms with Crippen LogP contribution in [0.3, 0.4) is 0 Å². The second-order valence-corrected chi connectivity index (χ2v) is 5.92. The number of benzene rings is 2. The standard InChI is InChI=1S/C17H12BrFO2/c1-9-3-6-15-12(7-9)10(2)17(21-15)16(20)13-8-11(18)4-5-14(13)19/h3-8H,1-2H3. The summed E-state index contributed by atoms with van der Waals surface area (Å²) < 4.78 is 20.2. The molecule has 0 bridgehead atoms. The van der Waals surface area contributed by atoms with Crippen molar-refractivity contribution in [1.82, 2.24) is 0 Å². The number of furan rings is 1. The summed E-state index contributed by atoms with van der Waals surface area (Å²) in [7, 11) is 0. The lowest BCUT2D eigenvalue weighted by Crippen LogP contribution is -2.04. The Morgan fingerprint density at radius 3 is 2.67 bits per heavy atom. The molecule has 0 unspecified atom stereocenters. The second kappa shape index (κ2) is 5.11. The smallest absolute Gasteiger partial charge is 0.231 e. The van der Waals surface area contributed by atoms with Gasteiger partial charge >= 0.3 is 0 Å². The highest BCUT2D eigenvalue weighted by Gasteiger charge is 2.22. The molecule has 0 aliphatic rings. The Labute approximate surface area is 129 Å². The molecule has 0 spiro atoms. The number of rotatable bonds is 2. The maximum absolute atomic E-state index is 13.9. The van der Waals surface area contributed by atoms with Crippen LogP contribution in [0.15, 0.2) is 45.3 Å². The summed E-state index contributed by atoms with van der Waals surface area (Å²) in [6.07, 6.45) is 0. The Hall–Kier alpha value is -1.94. The molecule has 1 aromatic heterocycles. The van der Waals surface area contributed by atoms with Crippen molar-refractivity contribution in [2.24, 2.45) is 0 Å². The monoisotopic (exact) mass is 346 g/mol. The van der Waals surface area contributed by atoms with E-state index >= 15 is 0 Å². The Morgan fingerprint density at radius 2 is 1.90 bits per heavy atom. The number of halogens is 2. The highest BCUT2D eigenvalue weighted by Crippen LogP contribution is 2.29. The lowest BCUT2D eigenvalue weighted by molar-refractivity contribution is 0.101. The molecule has 0 atom stereocenters. The van der Waals surface area contributed by atoms with Crippen molar-refractivity contribution in [3.05, 3.63) is 69.1 Å². The summed E-state index contributed by atoms with van der Waals surface area (Å²) >= 11 is 3.25. The molecule has 0 N–H and O–H groups in total. The molecule has 0 saturated heterocycles. The number of fused-ring (bicyclic) bond motifs is 1. The molecule has 3 rings (SSSR count). The third-order valence-electron chi connectivity index (χ3n) is 3.47. The van der Waals surface area contributed by atoms with E-state index in [1.807, 2.05) is 32.0 Å². The zero-order valence-corrected chi connectivity index (χ0v) is 13.1. The molecule has 21 heavy (non-hydrogen) atoms. The quantitative estimate of drug-likeness (QED) is 0.598. The van der Waals surface area contributed by atoms with Gasteiger partial charge in [-0.15, -0.1) is 0 Å². The molecule has 2 aromatic carbocycles. The first-order valence-corrected chi connectivity index (χ1v) is 7.26. The summed E-state index contributed by atoms with van der Waals surface area (Å²) in [6.45, 7) is 3.79. The zero-order chi connectivity index (χ0) is 15.1. The Balaban J connectivity index is 2.18. The van der Waals surface area contributed by atoms with Crippen LogP contribution >= 0.6 is 15.9 Å². The SMILES string of the molecule is Cc1ccc2oc(C(=O)c3cc(Br)ccc3F)c(C)c2c1. The number of carbonyl (C=O) groups is 1. The lowest BCUT2D eigenvalue weighted by Gasteiger charge is -2.02. The van der Waals surface area contributed by atoms with Crippen LogP contribution in [0.5, 0.6) is 0 Å². The van der Waals surface area contributed by atoms with E-state index in [9.17, 15) is 9.18 Å². The van der Waals surface area contributed by atoms with Gasteiger partial charge in [-0.2, -0.15) is 0 Å². The van der Waals surface area contributed by atoms with Gasteiger partial charge in [-0.05, 0) is 44.2 Å². The Bertz CT molecular complexity index is 865. The van der Waals surface area contributed by atoms with Crippen LogP contribution in [0.25, 0.3) is 11.0 Å². The van der Waals surface area contributed by atoms with Crippen LogP contribution in [0, 0.1) is 19.7 Å². The number of ketones is 1. The number of carbonyl (C=O) groups excluding carboxylic acids is 1. The van der Waals surface area contributed by atoms with Gasteiger partial charge in [-0.3, -0.25) is 4.79 Å². The van der Waals surface area contributed by atoms with Crippen molar-refractivity contribution in [1.29, 1.82) is 0 Å². The van der Waals surface area contributed by atoms with E-state index in [-0.39, 0.29) is 11.3 Å². The molecule has 0 aliphatic heterocycles. The van der Waals surface area contributed by atoms with Crippen LogP contribution < -0.4 is 0 Å². The van der Waals surface area contributed by atoms with Crippen molar-refractivity contribution >= 4 is 32.7 Å². The molecule has 2 nitrogen and oxygen atoms in total. The minimum atomic E-state index is -0.556. The lowest BCUT2D eigenvalue weighted by atomic mass is 10.0. The summed E-state index contributed by atoms with van der Waals surface area (Å²) in [5.41, 5.74) is 2.46. The molecular weight excluding hydrogens is 335 g/mol. The highest BCUT2D eigenvalue weighted by molar-refractivity contribution is 9.10. The van der Waals surface area contributed by atoms with Gasteiger partial charge in [0.1, 0.15) is 11.4 Å². The molecular formula is C17H12BrFO2. The van der Waals surface area contributed by atoms with Gasteiger partial charge < -0.3 is 4.42 Å². The van der Waals surface area contributed by atoms with Crippen molar-refractivity contribution < 1.29 is 13.6 Å². The van der Waals surface area contributed by atoms with Crippen LogP contribution in [0.4, 0.5) is 4.39 Å². The second-order valence-electron chi connectivity index (χ2n) is 5.01. The largest absolute Gasteiger partial charge is 0.452 e. The first kappa shape index (κ1) is 14.0. The molecule has 0 amide bonds. The predicted molar refractivity (Wildman–Crippen MR) is 83.2 cm³/mol. The van der Waals surface area contributed by atoms with Crippen LogP contribution in [0.2, 0.25) is 0 Å². The van der Waals surface area contributed by atoms with Gasteiger partial charge in [0.2, 0.25) is 5.78 Å². The fourth-order valence-corrected chi connectivity index (χ4v) is 2.71. The van der Waals surface area contributed by atoms with Crippen LogP contribution in [0.1, 0.15) is 27.2 Å². The van der Waals surface area contributed by atoms with Crippen LogP contribution in [-0.2, 0) is 0 Å².